The number of carbonyl (C=O) groups excluding carboxylic acids is 2. The van der Waals surface area contributed by atoms with Gasteiger partial charge in [0, 0.05) is 45.5 Å². The summed E-state index contributed by atoms with van der Waals surface area (Å²) in [6, 6.07) is 3.56. The minimum absolute atomic E-state index is 0.0164. The molecule has 2 rings (SSSR count). The topological polar surface area (TPSA) is 73.7 Å². The molecule has 6 heteroatoms. The molecule has 1 N–H and O–H groups in total. The molecule has 1 aromatic heterocycles. The summed E-state index contributed by atoms with van der Waals surface area (Å²) in [6.07, 6.45) is 5.53. The number of aliphatic hydroxyl groups is 1. The Morgan fingerprint density at radius 1 is 1.42 bits per heavy atom. The Hall–Kier alpha value is -1.95. The summed E-state index contributed by atoms with van der Waals surface area (Å²) in [5.41, 5.74) is 0.615. The number of amides is 2. The van der Waals surface area contributed by atoms with Crippen LogP contribution in [-0.4, -0.2) is 65.0 Å². The zero-order chi connectivity index (χ0) is 17.5. The third kappa shape index (κ3) is 4.54. The van der Waals surface area contributed by atoms with Gasteiger partial charge in [-0.3, -0.25) is 14.6 Å². The number of nitrogens with zero attached hydrogens (tertiary/aromatic N) is 3. The lowest BCUT2D eigenvalue weighted by atomic mass is 9.81. The van der Waals surface area contributed by atoms with Crippen LogP contribution in [0, 0.1) is 11.8 Å². The second-order valence-electron chi connectivity index (χ2n) is 6.45. The fourth-order valence-corrected chi connectivity index (χ4v) is 3.32. The molecule has 0 radical (unpaired) electrons. The van der Waals surface area contributed by atoms with Crippen LogP contribution in [-0.2, 0) is 4.79 Å². The Labute approximate surface area is 143 Å². The van der Waals surface area contributed by atoms with Crippen molar-refractivity contribution in [2.75, 3.05) is 33.3 Å². The molecule has 0 aliphatic carbocycles. The zero-order valence-electron chi connectivity index (χ0n) is 14.5. The number of pyridine rings is 1. The first-order chi connectivity index (χ1) is 11.6. The summed E-state index contributed by atoms with van der Waals surface area (Å²) in [6.45, 7) is 3.82. The highest BCUT2D eigenvalue weighted by Gasteiger charge is 2.32. The van der Waals surface area contributed by atoms with Gasteiger partial charge >= 0.3 is 0 Å². The highest BCUT2D eigenvalue weighted by atomic mass is 16.3. The van der Waals surface area contributed by atoms with E-state index in [1.165, 1.54) is 0 Å². The normalized spacial score (nSPS) is 20.7. The molecule has 6 nitrogen and oxygen atoms in total. The highest BCUT2D eigenvalue weighted by molar-refractivity contribution is 5.93. The number of piperidine rings is 1. The molecule has 132 valence electrons. The van der Waals surface area contributed by atoms with E-state index in [-0.39, 0.29) is 18.4 Å². The minimum atomic E-state index is -0.0164. The van der Waals surface area contributed by atoms with E-state index in [1.807, 2.05) is 4.90 Å². The number of likely N-dealkylation sites (tertiary alicyclic amines) is 1. The van der Waals surface area contributed by atoms with Crippen molar-refractivity contribution >= 4 is 11.8 Å². The van der Waals surface area contributed by atoms with Crippen LogP contribution in [0.5, 0.6) is 0 Å². The molecule has 24 heavy (non-hydrogen) atoms. The van der Waals surface area contributed by atoms with Gasteiger partial charge in [-0.05, 0) is 30.4 Å². The lowest BCUT2D eigenvalue weighted by Gasteiger charge is -2.38. The third-order valence-electron chi connectivity index (χ3n) is 4.91. The van der Waals surface area contributed by atoms with Crippen molar-refractivity contribution in [3.8, 4) is 0 Å². The van der Waals surface area contributed by atoms with Gasteiger partial charge in [0.05, 0.1) is 12.2 Å². The first-order valence-electron chi connectivity index (χ1n) is 8.60. The van der Waals surface area contributed by atoms with Gasteiger partial charge in [-0.1, -0.05) is 13.3 Å². The molecule has 2 unspecified atom stereocenters. The molecule has 1 aromatic rings. The van der Waals surface area contributed by atoms with E-state index in [0.717, 1.165) is 12.8 Å². The maximum absolute atomic E-state index is 12.6. The summed E-state index contributed by atoms with van der Waals surface area (Å²) in [5.74, 6) is 0.704. The molecule has 1 aliphatic rings. The molecule has 1 aliphatic heterocycles. The second-order valence-corrected chi connectivity index (χ2v) is 6.45. The largest absolute Gasteiger partial charge is 0.395 e. The molecule has 2 amide bonds. The number of rotatable bonds is 6. The number of carbonyl (C=O) groups is 2. The number of likely N-dealkylation sites (N-methyl/N-ethyl adjacent to an activating group) is 1. The average Bonchev–Trinajstić information content (AvgIpc) is 2.62. The maximum Gasteiger partial charge on any atom is 0.255 e. The minimum Gasteiger partial charge on any atom is -0.395 e. The predicted octanol–water partition coefficient (Wildman–Crippen LogP) is 1.41. The molecule has 0 bridgehead atoms. The van der Waals surface area contributed by atoms with E-state index in [4.69, 9.17) is 5.11 Å². The van der Waals surface area contributed by atoms with Crippen LogP contribution in [0.1, 0.15) is 36.5 Å². The first kappa shape index (κ1) is 18.4. The maximum atomic E-state index is 12.6. The molecule has 1 saturated heterocycles. The van der Waals surface area contributed by atoms with Crippen molar-refractivity contribution in [2.45, 2.75) is 26.2 Å². The summed E-state index contributed by atoms with van der Waals surface area (Å²) < 4.78 is 0. The zero-order valence-corrected chi connectivity index (χ0v) is 14.5. The quantitative estimate of drug-likeness (QED) is 0.854. The Morgan fingerprint density at radius 2 is 2.21 bits per heavy atom. The van der Waals surface area contributed by atoms with Gasteiger partial charge in [-0.2, -0.15) is 0 Å². The van der Waals surface area contributed by atoms with E-state index >= 15 is 0 Å². The van der Waals surface area contributed by atoms with Crippen molar-refractivity contribution < 1.29 is 14.7 Å². The van der Waals surface area contributed by atoms with Crippen molar-refractivity contribution in [3.63, 3.8) is 0 Å². The van der Waals surface area contributed by atoms with E-state index in [0.29, 0.717) is 43.5 Å². The monoisotopic (exact) mass is 333 g/mol. The van der Waals surface area contributed by atoms with E-state index < -0.39 is 0 Å². The number of aromatic nitrogens is 1. The molecule has 2 atom stereocenters. The average molecular weight is 333 g/mol. The summed E-state index contributed by atoms with van der Waals surface area (Å²) in [5, 5.41) is 8.95. The van der Waals surface area contributed by atoms with Gasteiger partial charge in [0.1, 0.15) is 0 Å². The molecular weight excluding hydrogens is 306 g/mol. The van der Waals surface area contributed by atoms with Crippen LogP contribution < -0.4 is 0 Å². The third-order valence-corrected chi connectivity index (χ3v) is 4.91. The first-order valence-corrected chi connectivity index (χ1v) is 8.60. The molecular formula is C18H27N3O3. The molecule has 2 heterocycles. The van der Waals surface area contributed by atoms with Gasteiger partial charge < -0.3 is 14.9 Å². The van der Waals surface area contributed by atoms with Crippen LogP contribution in [0.25, 0.3) is 0 Å². The van der Waals surface area contributed by atoms with Crippen LogP contribution in [0.2, 0.25) is 0 Å². The van der Waals surface area contributed by atoms with Gasteiger partial charge in [-0.25, -0.2) is 0 Å². The van der Waals surface area contributed by atoms with E-state index in [9.17, 15) is 9.59 Å². The number of aliphatic hydroxyl groups excluding tert-OH is 1. The SMILES string of the molecule is CCC1CN(C(=O)c2cccnc2)CCC1CC(=O)N(C)CCO. The van der Waals surface area contributed by atoms with Crippen LogP contribution >= 0.6 is 0 Å². The molecule has 0 spiro atoms. The Bertz CT molecular complexity index is 550. The second kappa shape index (κ2) is 8.78. The van der Waals surface area contributed by atoms with Gasteiger partial charge in [0.2, 0.25) is 5.91 Å². The predicted molar refractivity (Wildman–Crippen MR) is 91.4 cm³/mol. The summed E-state index contributed by atoms with van der Waals surface area (Å²) >= 11 is 0. The fourth-order valence-electron chi connectivity index (χ4n) is 3.32. The van der Waals surface area contributed by atoms with Gasteiger partial charge in [0.15, 0.2) is 0 Å². The Balaban J connectivity index is 1.96. The molecule has 0 aromatic carbocycles. The van der Waals surface area contributed by atoms with E-state index in [1.54, 1.807) is 36.5 Å². The Morgan fingerprint density at radius 3 is 2.83 bits per heavy atom. The summed E-state index contributed by atoms with van der Waals surface area (Å²) in [7, 11) is 1.72. The lowest BCUT2D eigenvalue weighted by molar-refractivity contribution is -0.132. The van der Waals surface area contributed by atoms with Crippen molar-refractivity contribution in [2.24, 2.45) is 11.8 Å². The van der Waals surface area contributed by atoms with Crippen LogP contribution in [0.15, 0.2) is 24.5 Å². The van der Waals surface area contributed by atoms with Gasteiger partial charge in [0.25, 0.3) is 5.91 Å². The van der Waals surface area contributed by atoms with Crippen molar-refractivity contribution in [3.05, 3.63) is 30.1 Å². The van der Waals surface area contributed by atoms with Crippen molar-refractivity contribution in [1.82, 2.24) is 14.8 Å². The summed E-state index contributed by atoms with van der Waals surface area (Å²) in [4.78, 5) is 32.3. The van der Waals surface area contributed by atoms with Crippen molar-refractivity contribution in [1.29, 1.82) is 0 Å². The van der Waals surface area contributed by atoms with Crippen LogP contribution in [0.4, 0.5) is 0 Å². The number of hydrogen-bond acceptors (Lipinski definition) is 4. The highest BCUT2D eigenvalue weighted by Crippen LogP contribution is 2.30. The Kier molecular flexibility index (Phi) is 6.73. The fraction of sp³-hybridized carbons (Fsp3) is 0.611. The van der Waals surface area contributed by atoms with Gasteiger partial charge in [-0.15, -0.1) is 0 Å². The standard InChI is InChI=1S/C18H27N3O3/c1-3-14-13-21(18(24)16-5-4-7-19-12-16)8-6-15(14)11-17(23)20(2)9-10-22/h4-5,7,12,14-15,22H,3,6,8-11,13H2,1-2H3. The lowest BCUT2D eigenvalue weighted by Crippen LogP contribution is -2.45. The molecule has 0 saturated carbocycles. The van der Waals surface area contributed by atoms with Crippen LogP contribution in [0.3, 0.4) is 0 Å². The number of hydrogen-bond donors (Lipinski definition) is 1. The molecule has 1 fully saturated rings. The smallest absolute Gasteiger partial charge is 0.255 e. The van der Waals surface area contributed by atoms with E-state index in [2.05, 4.69) is 11.9 Å².